The van der Waals surface area contributed by atoms with Crippen LogP contribution >= 0.6 is 0 Å². The Kier molecular flexibility index (Phi) is 4.90. The van der Waals surface area contributed by atoms with Gasteiger partial charge in [-0.2, -0.15) is 0 Å². The number of hydrogen-bond donors (Lipinski definition) is 1. The third-order valence-electron chi connectivity index (χ3n) is 3.68. The molecule has 14 heavy (non-hydrogen) atoms. The summed E-state index contributed by atoms with van der Waals surface area (Å²) in [6.45, 7) is 7.66. The largest absolute Gasteiger partial charge is 0.383 e. The van der Waals surface area contributed by atoms with Crippen LogP contribution in [0.15, 0.2) is 0 Å². The Labute approximate surface area is 88.4 Å². The van der Waals surface area contributed by atoms with Gasteiger partial charge in [0.1, 0.15) is 0 Å². The van der Waals surface area contributed by atoms with E-state index in [1.54, 1.807) is 7.11 Å². The smallest absolute Gasteiger partial charge is 0.0587 e. The summed E-state index contributed by atoms with van der Waals surface area (Å²) in [6.07, 6.45) is 5.55. The topological polar surface area (TPSA) is 21.3 Å². The average molecular weight is 199 g/mol. The molecule has 1 rings (SSSR count). The van der Waals surface area contributed by atoms with Crippen LogP contribution in [0.2, 0.25) is 0 Å². The first kappa shape index (κ1) is 12.0. The molecule has 0 spiro atoms. The van der Waals surface area contributed by atoms with Gasteiger partial charge in [-0.25, -0.2) is 0 Å². The van der Waals surface area contributed by atoms with E-state index in [1.165, 1.54) is 32.2 Å². The molecule has 0 radical (unpaired) electrons. The van der Waals surface area contributed by atoms with Crippen LogP contribution in [0.25, 0.3) is 0 Å². The van der Waals surface area contributed by atoms with Gasteiger partial charge < -0.3 is 10.1 Å². The fourth-order valence-electron chi connectivity index (χ4n) is 2.58. The van der Waals surface area contributed by atoms with Gasteiger partial charge in [0, 0.05) is 13.7 Å². The summed E-state index contributed by atoms with van der Waals surface area (Å²) in [4.78, 5) is 0. The molecule has 2 atom stereocenters. The lowest BCUT2D eigenvalue weighted by Crippen LogP contribution is -2.23. The Morgan fingerprint density at radius 2 is 2.21 bits per heavy atom. The number of methoxy groups -OCH3 is 1. The van der Waals surface area contributed by atoms with Gasteiger partial charge in [0.05, 0.1) is 6.61 Å². The second-order valence-electron chi connectivity index (χ2n) is 4.56. The molecule has 1 saturated carbocycles. The van der Waals surface area contributed by atoms with Crippen molar-refractivity contribution in [2.24, 2.45) is 11.3 Å². The summed E-state index contributed by atoms with van der Waals surface area (Å²) in [5.74, 6) is 0.935. The van der Waals surface area contributed by atoms with Crippen molar-refractivity contribution in [2.75, 3.05) is 26.8 Å². The summed E-state index contributed by atoms with van der Waals surface area (Å²) < 4.78 is 5.01. The van der Waals surface area contributed by atoms with Gasteiger partial charge in [0.25, 0.3) is 0 Å². The lowest BCUT2D eigenvalue weighted by molar-refractivity contribution is 0.198. The molecule has 0 amide bonds. The Bertz CT molecular complexity index is 160. The maximum absolute atomic E-state index is 5.01. The molecule has 2 nitrogen and oxygen atoms in total. The Hall–Kier alpha value is -0.0800. The van der Waals surface area contributed by atoms with Gasteiger partial charge >= 0.3 is 0 Å². The van der Waals surface area contributed by atoms with Crippen LogP contribution in [0.4, 0.5) is 0 Å². The molecule has 0 bridgehead atoms. The van der Waals surface area contributed by atoms with Gasteiger partial charge in [-0.1, -0.05) is 26.7 Å². The minimum absolute atomic E-state index is 0.703. The summed E-state index contributed by atoms with van der Waals surface area (Å²) in [6, 6.07) is 0. The summed E-state index contributed by atoms with van der Waals surface area (Å²) >= 11 is 0. The molecule has 1 aliphatic carbocycles. The lowest BCUT2D eigenvalue weighted by Gasteiger charge is -2.14. The molecule has 0 heterocycles. The van der Waals surface area contributed by atoms with Gasteiger partial charge in [0.2, 0.25) is 0 Å². The van der Waals surface area contributed by atoms with E-state index >= 15 is 0 Å². The molecule has 2 heteroatoms. The monoisotopic (exact) mass is 199 g/mol. The minimum Gasteiger partial charge on any atom is -0.383 e. The van der Waals surface area contributed by atoms with Crippen LogP contribution in [-0.2, 0) is 4.74 Å². The molecule has 1 aliphatic rings. The number of ether oxygens (including phenoxy) is 1. The Morgan fingerprint density at radius 3 is 2.79 bits per heavy atom. The van der Waals surface area contributed by atoms with Gasteiger partial charge in [0.15, 0.2) is 0 Å². The Balaban J connectivity index is 2.10. The minimum atomic E-state index is 0.703. The second-order valence-corrected chi connectivity index (χ2v) is 4.56. The highest BCUT2D eigenvalue weighted by Crippen LogP contribution is 2.57. The van der Waals surface area contributed by atoms with Crippen LogP contribution < -0.4 is 5.32 Å². The maximum atomic E-state index is 5.01. The van der Waals surface area contributed by atoms with E-state index in [0.29, 0.717) is 5.41 Å². The van der Waals surface area contributed by atoms with Gasteiger partial charge in [-0.3, -0.25) is 0 Å². The third-order valence-corrected chi connectivity index (χ3v) is 3.68. The summed E-state index contributed by atoms with van der Waals surface area (Å²) in [7, 11) is 1.76. The summed E-state index contributed by atoms with van der Waals surface area (Å²) in [5, 5.41) is 3.47. The van der Waals surface area contributed by atoms with Crippen molar-refractivity contribution < 1.29 is 4.74 Å². The van der Waals surface area contributed by atoms with E-state index < -0.39 is 0 Å². The zero-order valence-corrected chi connectivity index (χ0v) is 9.94. The third kappa shape index (κ3) is 2.96. The predicted molar refractivity (Wildman–Crippen MR) is 60.5 cm³/mol. The molecular weight excluding hydrogens is 174 g/mol. The average Bonchev–Trinajstić information content (AvgIpc) is 2.88. The van der Waals surface area contributed by atoms with Crippen molar-refractivity contribution >= 4 is 0 Å². The standard InChI is InChI=1S/C12H25NO/c1-4-6-12(5-2)9-11(12)10-13-7-8-14-3/h11,13H,4-10H2,1-3H3. The van der Waals surface area contributed by atoms with Gasteiger partial charge in [-0.15, -0.1) is 0 Å². The molecule has 1 fully saturated rings. The molecule has 84 valence electrons. The number of rotatable bonds is 8. The second kappa shape index (κ2) is 5.72. The first-order chi connectivity index (χ1) is 6.79. The molecule has 0 aromatic carbocycles. The lowest BCUT2D eigenvalue weighted by atomic mass is 9.94. The first-order valence-corrected chi connectivity index (χ1v) is 5.98. The summed E-state index contributed by atoms with van der Waals surface area (Å²) in [5.41, 5.74) is 0.703. The normalized spacial score (nSPS) is 30.6. The van der Waals surface area contributed by atoms with Crippen molar-refractivity contribution in [3.63, 3.8) is 0 Å². The van der Waals surface area contributed by atoms with Crippen molar-refractivity contribution in [2.45, 2.75) is 39.5 Å². The zero-order chi connectivity index (χ0) is 10.4. The van der Waals surface area contributed by atoms with E-state index in [4.69, 9.17) is 4.74 Å². The van der Waals surface area contributed by atoms with Crippen LogP contribution in [0.3, 0.4) is 0 Å². The van der Waals surface area contributed by atoms with Crippen molar-refractivity contribution in [3.8, 4) is 0 Å². The molecule has 0 aromatic rings. The van der Waals surface area contributed by atoms with E-state index in [0.717, 1.165) is 19.1 Å². The van der Waals surface area contributed by atoms with Crippen molar-refractivity contribution in [3.05, 3.63) is 0 Å². The van der Waals surface area contributed by atoms with E-state index in [-0.39, 0.29) is 0 Å². The molecule has 1 N–H and O–H groups in total. The highest BCUT2D eigenvalue weighted by Gasteiger charge is 2.50. The van der Waals surface area contributed by atoms with E-state index in [2.05, 4.69) is 19.2 Å². The van der Waals surface area contributed by atoms with Crippen LogP contribution in [0.5, 0.6) is 0 Å². The van der Waals surface area contributed by atoms with Crippen molar-refractivity contribution in [1.29, 1.82) is 0 Å². The molecule has 0 saturated heterocycles. The fourth-order valence-corrected chi connectivity index (χ4v) is 2.58. The van der Waals surface area contributed by atoms with Crippen molar-refractivity contribution in [1.82, 2.24) is 5.32 Å². The Morgan fingerprint density at radius 1 is 1.43 bits per heavy atom. The highest BCUT2D eigenvalue weighted by molar-refractivity contribution is 5.01. The highest BCUT2D eigenvalue weighted by atomic mass is 16.5. The quantitative estimate of drug-likeness (QED) is 0.606. The first-order valence-electron chi connectivity index (χ1n) is 5.98. The number of nitrogens with one attached hydrogen (secondary N) is 1. The SMILES string of the molecule is CCCC1(CC)CC1CNCCOC. The molecule has 2 unspecified atom stereocenters. The fraction of sp³-hybridized carbons (Fsp3) is 1.00. The van der Waals surface area contributed by atoms with Crippen LogP contribution in [0.1, 0.15) is 39.5 Å². The predicted octanol–water partition coefficient (Wildman–Crippen LogP) is 2.44. The molecule has 0 aliphatic heterocycles. The molecule has 0 aromatic heterocycles. The van der Waals surface area contributed by atoms with E-state index in [9.17, 15) is 0 Å². The van der Waals surface area contributed by atoms with Gasteiger partial charge in [-0.05, 0) is 30.7 Å². The maximum Gasteiger partial charge on any atom is 0.0587 e. The number of hydrogen-bond acceptors (Lipinski definition) is 2. The van der Waals surface area contributed by atoms with Crippen LogP contribution in [0, 0.1) is 11.3 Å². The zero-order valence-electron chi connectivity index (χ0n) is 9.94. The van der Waals surface area contributed by atoms with E-state index in [1.807, 2.05) is 0 Å². The molecular formula is C12H25NO. The van der Waals surface area contributed by atoms with Crippen LogP contribution in [-0.4, -0.2) is 26.8 Å².